The van der Waals surface area contributed by atoms with Crippen LogP contribution in [0.4, 0.5) is 0 Å². The summed E-state index contributed by atoms with van der Waals surface area (Å²) < 4.78 is 0. The lowest BCUT2D eigenvalue weighted by atomic mass is 10.1. The standard InChI is InChI=1S/C12H13ClO/c13-11-3-1-2-10(6-11)8-12(14)7-9-4-5-9/h1-3,6,9H,4-5,7-8H2. The van der Waals surface area contributed by atoms with Crippen LogP contribution in [-0.2, 0) is 11.2 Å². The zero-order valence-electron chi connectivity index (χ0n) is 8.00. The summed E-state index contributed by atoms with van der Waals surface area (Å²) in [6, 6.07) is 7.54. The van der Waals surface area contributed by atoms with Crippen LogP contribution >= 0.6 is 11.6 Å². The highest BCUT2D eigenvalue weighted by molar-refractivity contribution is 6.30. The largest absolute Gasteiger partial charge is 0.299 e. The third-order valence-corrected chi connectivity index (χ3v) is 2.74. The van der Waals surface area contributed by atoms with E-state index in [1.165, 1.54) is 12.8 Å². The van der Waals surface area contributed by atoms with Crippen LogP contribution < -0.4 is 0 Å². The molecule has 0 unspecified atom stereocenters. The molecule has 1 fully saturated rings. The fourth-order valence-corrected chi connectivity index (χ4v) is 1.80. The molecule has 0 N–H and O–H groups in total. The molecule has 1 aromatic carbocycles. The van der Waals surface area contributed by atoms with Gasteiger partial charge in [0.15, 0.2) is 0 Å². The molecule has 0 bridgehead atoms. The van der Waals surface area contributed by atoms with Gasteiger partial charge in [0.1, 0.15) is 5.78 Å². The molecule has 1 nitrogen and oxygen atoms in total. The molecule has 0 spiro atoms. The Bertz CT molecular complexity index is 342. The molecular weight excluding hydrogens is 196 g/mol. The van der Waals surface area contributed by atoms with E-state index in [0.29, 0.717) is 23.1 Å². The van der Waals surface area contributed by atoms with E-state index in [4.69, 9.17) is 11.6 Å². The summed E-state index contributed by atoms with van der Waals surface area (Å²) >= 11 is 5.84. The normalized spacial score (nSPS) is 15.5. The fraction of sp³-hybridized carbons (Fsp3) is 0.417. The number of Topliss-reactive ketones (excluding diaryl/α,β-unsaturated/α-hetero) is 1. The van der Waals surface area contributed by atoms with Gasteiger partial charge in [-0.05, 0) is 36.5 Å². The number of hydrogen-bond donors (Lipinski definition) is 0. The van der Waals surface area contributed by atoms with Gasteiger partial charge in [0.2, 0.25) is 0 Å². The first kappa shape index (κ1) is 9.72. The third kappa shape index (κ3) is 2.85. The van der Waals surface area contributed by atoms with Crippen molar-refractivity contribution >= 4 is 17.4 Å². The molecule has 0 aliphatic heterocycles. The minimum atomic E-state index is 0.342. The number of rotatable bonds is 4. The van der Waals surface area contributed by atoms with Crippen LogP contribution in [0.5, 0.6) is 0 Å². The predicted octanol–water partition coefficient (Wildman–Crippen LogP) is 3.25. The average molecular weight is 209 g/mol. The lowest BCUT2D eigenvalue weighted by Gasteiger charge is -2.00. The van der Waals surface area contributed by atoms with Gasteiger partial charge in [-0.2, -0.15) is 0 Å². The first-order valence-corrected chi connectivity index (χ1v) is 5.38. The first-order chi connectivity index (χ1) is 6.74. The van der Waals surface area contributed by atoms with Crippen LogP contribution in [0.15, 0.2) is 24.3 Å². The Kier molecular flexibility index (Phi) is 2.87. The van der Waals surface area contributed by atoms with Crippen molar-refractivity contribution in [3.63, 3.8) is 0 Å². The molecule has 1 aliphatic rings. The van der Waals surface area contributed by atoms with Gasteiger partial charge in [-0.25, -0.2) is 0 Å². The summed E-state index contributed by atoms with van der Waals surface area (Å²) in [5.74, 6) is 1.02. The molecule has 0 atom stereocenters. The van der Waals surface area contributed by atoms with Crippen molar-refractivity contribution in [1.29, 1.82) is 0 Å². The van der Waals surface area contributed by atoms with Crippen molar-refractivity contribution in [2.45, 2.75) is 25.7 Å². The summed E-state index contributed by atoms with van der Waals surface area (Å²) in [5, 5.41) is 0.710. The van der Waals surface area contributed by atoms with E-state index in [1.54, 1.807) is 0 Å². The Labute approximate surface area is 89.1 Å². The Morgan fingerprint density at radius 3 is 2.86 bits per heavy atom. The van der Waals surface area contributed by atoms with Crippen molar-refractivity contribution in [2.24, 2.45) is 5.92 Å². The topological polar surface area (TPSA) is 17.1 Å². The maximum atomic E-state index is 11.5. The Morgan fingerprint density at radius 1 is 1.43 bits per heavy atom. The number of benzene rings is 1. The van der Waals surface area contributed by atoms with Gasteiger partial charge in [0, 0.05) is 17.9 Å². The van der Waals surface area contributed by atoms with Crippen molar-refractivity contribution in [1.82, 2.24) is 0 Å². The summed E-state index contributed by atoms with van der Waals surface area (Å²) in [6.45, 7) is 0. The smallest absolute Gasteiger partial charge is 0.137 e. The highest BCUT2D eigenvalue weighted by atomic mass is 35.5. The molecule has 0 saturated heterocycles. The lowest BCUT2D eigenvalue weighted by molar-refractivity contribution is -0.118. The summed E-state index contributed by atoms with van der Waals surface area (Å²) in [4.78, 5) is 11.5. The lowest BCUT2D eigenvalue weighted by Crippen LogP contribution is -2.03. The zero-order chi connectivity index (χ0) is 9.97. The van der Waals surface area contributed by atoms with Crippen molar-refractivity contribution in [2.75, 3.05) is 0 Å². The van der Waals surface area contributed by atoms with Gasteiger partial charge in [-0.15, -0.1) is 0 Å². The van der Waals surface area contributed by atoms with E-state index in [9.17, 15) is 4.79 Å². The van der Waals surface area contributed by atoms with Gasteiger partial charge in [0.25, 0.3) is 0 Å². The van der Waals surface area contributed by atoms with Crippen LogP contribution in [0.2, 0.25) is 5.02 Å². The number of carbonyl (C=O) groups is 1. The molecule has 2 rings (SSSR count). The second kappa shape index (κ2) is 4.14. The molecule has 0 heterocycles. The molecule has 74 valence electrons. The molecular formula is C12H13ClO. The van der Waals surface area contributed by atoms with Crippen molar-refractivity contribution in [3.8, 4) is 0 Å². The molecule has 0 amide bonds. The van der Waals surface area contributed by atoms with Gasteiger partial charge >= 0.3 is 0 Å². The summed E-state index contributed by atoms with van der Waals surface area (Å²) in [7, 11) is 0. The molecule has 0 radical (unpaired) electrons. The van der Waals surface area contributed by atoms with Gasteiger partial charge in [-0.3, -0.25) is 4.79 Å². The van der Waals surface area contributed by atoms with E-state index in [1.807, 2.05) is 24.3 Å². The first-order valence-electron chi connectivity index (χ1n) is 5.00. The van der Waals surface area contributed by atoms with E-state index < -0.39 is 0 Å². The van der Waals surface area contributed by atoms with Gasteiger partial charge in [0.05, 0.1) is 0 Å². The molecule has 0 aromatic heterocycles. The van der Waals surface area contributed by atoms with Crippen LogP contribution in [0.1, 0.15) is 24.8 Å². The monoisotopic (exact) mass is 208 g/mol. The molecule has 1 aromatic rings. The third-order valence-electron chi connectivity index (χ3n) is 2.50. The molecule has 2 heteroatoms. The van der Waals surface area contributed by atoms with E-state index in [0.717, 1.165) is 12.0 Å². The predicted molar refractivity (Wildman–Crippen MR) is 57.5 cm³/mol. The zero-order valence-corrected chi connectivity index (χ0v) is 8.76. The van der Waals surface area contributed by atoms with Crippen LogP contribution in [-0.4, -0.2) is 5.78 Å². The van der Waals surface area contributed by atoms with Crippen LogP contribution in [0.25, 0.3) is 0 Å². The molecule has 14 heavy (non-hydrogen) atoms. The SMILES string of the molecule is O=C(Cc1cccc(Cl)c1)CC1CC1. The van der Waals surface area contributed by atoms with Crippen LogP contribution in [0, 0.1) is 5.92 Å². The minimum absolute atomic E-state index is 0.342. The summed E-state index contributed by atoms with van der Waals surface area (Å²) in [5.41, 5.74) is 1.03. The van der Waals surface area contributed by atoms with Gasteiger partial charge in [-0.1, -0.05) is 23.7 Å². The number of carbonyl (C=O) groups excluding carboxylic acids is 1. The fourth-order valence-electron chi connectivity index (χ4n) is 1.59. The minimum Gasteiger partial charge on any atom is -0.299 e. The van der Waals surface area contributed by atoms with Crippen molar-refractivity contribution in [3.05, 3.63) is 34.9 Å². The van der Waals surface area contributed by atoms with Crippen LogP contribution in [0.3, 0.4) is 0 Å². The summed E-state index contributed by atoms with van der Waals surface area (Å²) in [6.07, 6.45) is 3.77. The van der Waals surface area contributed by atoms with E-state index >= 15 is 0 Å². The molecule has 1 aliphatic carbocycles. The Morgan fingerprint density at radius 2 is 2.21 bits per heavy atom. The maximum Gasteiger partial charge on any atom is 0.137 e. The van der Waals surface area contributed by atoms with E-state index in [-0.39, 0.29) is 0 Å². The van der Waals surface area contributed by atoms with Gasteiger partial charge < -0.3 is 0 Å². The maximum absolute atomic E-state index is 11.5. The highest BCUT2D eigenvalue weighted by Crippen LogP contribution is 2.32. The second-order valence-electron chi connectivity index (χ2n) is 3.99. The quantitative estimate of drug-likeness (QED) is 0.743. The number of hydrogen-bond acceptors (Lipinski definition) is 1. The van der Waals surface area contributed by atoms with E-state index in [2.05, 4.69) is 0 Å². The molecule has 1 saturated carbocycles. The second-order valence-corrected chi connectivity index (χ2v) is 4.43. The highest BCUT2D eigenvalue weighted by Gasteiger charge is 2.24. The average Bonchev–Trinajstić information content (AvgIpc) is 2.87. The van der Waals surface area contributed by atoms with Crippen molar-refractivity contribution < 1.29 is 4.79 Å². The Hall–Kier alpha value is -0.820. The number of halogens is 1. The Balaban J connectivity index is 1.92. The number of ketones is 1.